The van der Waals surface area contributed by atoms with Crippen LogP contribution in [-0.2, 0) is 4.79 Å². The lowest BCUT2D eigenvalue weighted by atomic mass is 10.0. The summed E-state index contributed by atoms with van der Waals surface area (Å²) in [5, 5.41) is 3.29. The number of nitrogens with one attached hydrogen (secondary N) is 1. The van der Waals surface area contributed by atoms with E-state index in [1.807, 2.05) is 12.1 Å². The first kappa shape index (κ1) is 15.9. The van der Waals surface area contributed by atoms with Crippen LogP contribution >= 0.6 is 23.4 Å². The Hall–Kier alpha value is -1.52. The largest absolute Gasteiger partial charge is 0.310 e. The summed E-state index contributed by atoms with van der Waals surface area (Å²) in [5.74, 6) is 1.30. The van der Waals surface area contributed by atoms with E-state index in [-0.39, 0.29) is 5.91 Å². The number of amides is 1. The quantitative estimate of drug-likeness (QED) is 0.819. The fourth-order valence-corrected chi connectivity index (χ4v) is 2.54. The van der Waals surface area contributed by atoms with Gasteiger partial charge in [-0.25, -0.2) is 4.98 Å². The van der Waals surface area contributed by atoms with Gasteiger partial charge in [0.1, 0.15) is 5.82 Å². The van der Waals surface area contributed by atoms with Crippen molar-refractivity contribution in [2.75, 3.05) is 11.1 Å². The number of rotatable bonds is 5. The van der Waals surface area contributed by atoms with E-state index in [9.17, 15) is 4.79 Å². The number of halogens is 1. The summed E-state index contributed by atoms with van der Waals surface area (Å²) in [7, 11) is 0. The van der Waals surface area contributed by atoms with Crippen LogP contribution in [0, 0.1) is 0 Å². The van der Waals surface area contributed by atoms with Gasteiger partial charge in [0.15, 0.2) is 0 Å². The molecule has 2 aromatic rings. The standard InChI is InChI=1S/C16H17ClN2OS/c1-11(2)12-3-6-14(7-4-12)21-10-16(20)19-15-8-5-13(17)9-18-15/h3-9,11H,10H2,1-2H3,(H,18,19,20). The number of hydrogen-bond donors (Lipinski definition) is 1. The summed E-state index contributed by atoms with van der Waals surface area (Å²) in [6, 6.07) is 11.7. The predicted molar refractivity (Wildman–Crippen MR) is 89.1 cm³/mol. The molecule has 0 saturated carbocycles. The lowest BCUT2D eigenvalue weighted by Crippen LogP contribution is -2.14. The number of thioether (sulfide) groups is 1. The second kappa shape index (κ2) is 7.48. The second-order valence-corrected chi connectivity index (χ2v) is 6.41. The fraction of sp³-hybridized carbons (Fsp3) is 0.250. The first-order valence-electron chi connectivity index (χ1n) is 6.69. The summed E-state index contributed by atoms with van der Waals surface area (Å²) in [5.41, 5.74) is 1.30. The van der Waals surface area contributed by atoms with E-state index < -0.39 is 0 Å². The molecule has 3 nitrogen and oxygen atoms in total. The summed E-state index contributed by atoms with van der Waals surface area (Å²) in [4.78, 5) is 17.0. The minimum Gasteiger partial charge on any atom is -0.310 e. The Morgan fingerprint density at radius 2 is 1.95 bits per heavy atom. The predicted octanol–water partition coefficient (Wildman–Crippen LogP) is 4.59. The van der Waals surface area contributed by atoms with Crippen LogP contribution in [0.5, 0.6) is 0 Å². The van der Waals surface area contributed by atoms with Gasteiger partial charge in [-0.15, -0.1) is 11.8 Å². The third-order valence-corrected chi connectivity index (χ3v) is 4.15. The zero-order valence-corrected chi connectivity index (χ0v) is 13.5. The normalized spacial score (nSPS) is 10.7. The molecule has 1 amide bonds. The van der Waals surface area contributed by atoms with Crippen LogP contribution in [0.25, 0.3) is 0 Å². The number of anilines is 1. The lowest BCUT2D eigenvalue weighted by Gasteiger charge is -2.07. The zero-order chi connectivity index (χ0) is 15.2. The van der Waals surface area contributed by atoms with Gasteiger partial charge in [-0.05, 0) is 35.7 Å². The molecule has 1 aromatic heterocycles. The molecule has 2 rings (SSSR count). The van der Waals surface area contributed by atoms with E-state index in [1.54, 1.807) is 12.1 Å². The number of carbonyl (C=O) groups excluding carboxylic acids is 1. The molecule has 0 aliphatic rings. The highest BCUT2D eigenvalue weighted by molar-refractivity contribution is 8.00. The monoisotopic (exact) mass is 320 g/mol. The van der Waals surface area contributed by atoms with Crippen LogP contribution < -0.4 is 5.32 Å². The molecule has 0 bridgehead atoms. The van der Waals surface area contributed by atoms with Crippen molar-refractivity contribution in [3.8, 4) is 0 Å². The molecule has 1 N–H and O–H groups in total. The molecule has 0 aliphatic carbocycles. The highest BCUT2D eigenvalue weighted by atomic mass is 35.5. The summed E-state index contributed by atoms with van der Waals surface area (Å²) < 4.78 is 0. The Bertz CT molecular complexity index is 597. The molecule has 1 aromatic carbocycles. The average Bonchev–Trinajstić information content (AvgIpc) is 2.48. The summed E-state index contributed by atoms with van der Waals surface area (Å²) in [6.45, 7) is 4.32. The minimum absolute atomic E-state index is 0.0808. The van der Waals surface area contributed by atoms with Gasteiger partial charge in [-0.3, -0.25) is 4.79 Å². The molecular formula is C16H17ClN2OS. The average molecular weight is 321 g/mol. The Balaban J connectivity index is 1.84. The molecule has 0 fully saturated rings. The second-order valence-electron chi connectivity index (χ2n) is 4.92. The summed E-state index contributed by atoms with van der Waals surface area (Å²) >= 11 is 7.25. The number of pyridine rings is 1. The van der Waals surface area contributed by atoms with Crippen molar-refractivity contribution in [1.29, 1.82) is 0 Å². The van der Waals surface area contributed by atoms with E-state index in [4.69, 9.17) is 11.6 Å². The molecule has 5 heteroatoms. The van der Waals surface area contributed by atoms with Gasteiger partial charge in [0.05, 0.1) is 10.8 Å². The Kier molecular flexibility index (Phi) is 5.65. The van der Waals surface area contributed by atoms with Gasteiger partial charge in [0, 0.05) is 11.1 Å². The molecule has 1 heterocycles. The third-order valence-electron chi connectivity index (χ3n) is 2.91. The Morgan fingerprint density at radius 1 is 1.24 bits per heavy atom. The van der Waals surface area contributed by atoms with Gasteiger partial charge in [0.2, 0.25) is 5.91 Å². The van der Waals surface area contributed by atoms with Crippen LogP contribution in [0.4, 0.5) is 5.82 Å². The number of aromatic nitrogens is 1. The van der Waals surface area contributed by atoms with Crippen LogP contribution in [0.3, 0.4) is 0 Å². The molecule has 0 spiro atoms. The van der Waals surface area contributed by atoms with E-state index in [0.717, 1.165) is 4.90 Å². The Labute approximate surface area is 134 Å². The van der Waals surface area contributed by atoms with Gasteiger partial charge in [-0.2, -0.15) is 0 Å². The zero-order valence-electron chi connectivity index (χ0n) is 12.0. The van der Waals surface area contributed by atoms with Gasteiger partial charge in [0.25, 0.3) is 0 Å². The van der Waals surface area contributed by atoms with Crippen LogP contribution in [-0.4, -0.2) is 16.6 Å². The van der Waals surface area contributed by atoms with Crippen molar-refractivity contribution in [3.05, 3.63) is 53.2 Å². The van der Waals surface area contributed by atoms with E-state index in [1.165, 1.54) is 23.5 Å². The SMILES string of the molecule is CC(C)c1ccc(SCC(=O)Nc2ccc(Cl)cn2)cc1. The Morgan fingerprint density at radius 3 is 2.52 bits per heavy atom. The molecule has 21 heavy (non-hydrogen) atoms. The number of carbonyl (C=O) groups is 1. The molecule has 0 radical (unpaired) electrons. The van der Waals surface area contributed by atoms with E-state index >= 15 is 0 Å². The number of nitrogens with zero attached hydrogens (tertiary/aromatic N) is 1. The van der Waals surface area contributed by atoms with Gasteiger partial charge < -0.3 is 5.32 Å². The summed E-state index contributed by atoms with van der Waals surface area (Å²) in [6.07, 6.45) is 1.51. The molecule has 0 atom stereocenters. The maximum atomic E-state index is 11.8. The highest BCUT2D eigenvalue weighted by Crippen LogP contribution is 2.22. The highest BCUT2D eigenvalue weighted by Gasteiger charge is 2.05. The maximum absolute atomic E-state index is 11.8. The molecule has 110 valence electrons. The van der Waals surface area contributed by atoms with Gasteiger partial charge >= 0.3 is 0 Å². The topological polar surface area (TPSA) is 42.0 Å². The number of benzene rings is 1. The van der Waals surface area contributed by atoms with Crippen molar-refractivity contribution in [3.63, 3.8) is 0 Å². The molecule has 0 unspecified atom stereocenters. The molecule has 0 aliphatic heterocycles. The van der Waals surface area contributed by atoms with Crippen molar-refractivity contribution < 1.29 is 4.79 Å². The van der Waals surface area contributed by atoms with Crippen LogP contribution in [0.1, 0.15) is 25.3 Å². The third kappa shape index (κ3) is 5.06. The fourth-order valence-electron chi connectivity index (χ4n) is 1.73. The molecule has 0 saturated heterocycles. The van der Waals surface area contributed by atoms with Crippen molar-refractivity contribution in [2.24, 2.45) is 0 Å². The maximum Gasteiger partial charge on any atom is 0.235 e. The smallest absolute Gasteiger partial charge is 0.235 e. The van der Waals surface area contributed by atoms with Gasteiger partial charge in [-0.1, -0.05) is 37.6 Å². The van der Waals surface area contributed by atoms with E-state index in [0.29, 0.717) is 22.5 Å². The van der Waals surface area contributed by atoms with E-state index in [2.05, 4.69) is 36.3 Å². The van der Waals surface area contributed by atoms with Crippen LogP contribution in [0.2, 0.25) is 5.02 Å². The van der Waals surface area contributed by atoms with Crippen molar-refractivity contribution in [1.82, 2.24) is 4.98 Å². The first-order chi connectivity index (χ1) is 10.0. The first-order valence-corrected chi connectivity index (χ1v) is 8.05. The van der Waals surface area contributed by atoms with Crippen molar-refractivity contribution in [2.45, 2.75) is 24.7 Å². The number of hydrogen-bond acceptors (Lipinski definition) is 3. The molecular weight excluding hydrogens is 304 g/mol. The van der Waals surface area contributed by atoms with Crippen molar-refractivity contribution >= 4 is 35.1 Å². The minimum atomic E-state index is -0.0808. The lowest BCUT2D eigenvalue weighted by molar-refractivity contribution is -0.113. The van der Waals surface area contributed by atoms with Crippen LogP contribution in [0.15, 0.2) is 47.5 Å².